The average Bonchev–Trinajstić information content (AvgIpc) is 3.25. The highest BCUT2D eigenvalue weighted by Gasteiger charge is 2.33. The van der Waals surface area contributed by atoms with Crippen molar-refractivity contribution < 1.29 is 53.6 Å². The van der Waals surface area contributed by atoms with Crippen molar-refractivity contribution in [2.45, 2.75) is 102 Å². The zero-order valence-corrected chi connectivity index (χ0v) is 35.8. The Kier molecular flexibility index (Phi) is 21.2. The number of unbranched alkanes of at least 4 members (excludes halogenated alkanes) is 1. The first-order valence-corrected chi connectivity index (χ1v) is 21.0. The topological polar surface area (TPSA) is 284 Å². The van der Waals surface area contributed by atoms with Gasteiger partial charge < -0.3 is 52.6 Å². The quantitative estimate of drug-likeness (QED) is 0.0466. The van der Waals surface area contributed by atoms with E-state index in [1.165, 1.54) is 6.92 Å². The predicted octanol–water partition coefficient (Wildman–Crippen LogP) is 2.39. The van der Waals surface area contributed by atoms with Crippen LogP contribution in [0, 0.1) is 11.8 Å². The number of nitrogens with one attached hydrogen (secondary N) is 2. The van der Waals surface area contributed by atoms with Gasteiger partial charge in [-0.15, -0.1) is 0 Å². The first-order chi connectivity index (χ1) is 29.6. The van der Waals surface area contributed by atoms with Gasteiger partial charge in [0, 0.05) is 18.8 Å². The van der Waals surface area contributed by atoms with E-state index < -0.39 is 97.2 Å². The van der Waals surface area contributed by atoms with Crippen molar-refractivity contribution >= 4 is 35.3 Å². The van der Waals surface area contributed by atoms with Gasteiger partial charge in [-0.2, -0.15) is 0 Å². The summed E-state index contributed by atoms with van der Waals surface area (Å²) >= 11 is 0. The Bertz CT molecular complexity index is 1940. The molecular formula is C46H63N5O11. The molecular weight excluding hydrogens is 799 g/mol. The third-order valence-corrected chi connectivity index (χ3v) is 10.7. The third-order valence-electron chi connectivity index (χ3n) is 10.7. The molecule has 0 unspecified atom stereocenters. The van der Waals surface area contributed by atoms with Gasteiger partial charge in [0.15, 0.2) is 11.6 Å². The number of methoxy groups -OCH3 is 1. The van der Waals surface area contributed by atoms with E-state index in [-0.39, 0.29) is 12.8 Å². The van der Waals surface area contributed by atoms with Gasteiger partial charge in [-0.1, -0.05) is 49.4 Å². The Balaban J connectivity index is 1.84. The van der Waals surface area contributed by atoms with Crippen molar-refractivity contribution in [1.29, 1.82) is 0 Å². The van der Waals surface area contributed by atoms with Crippen molar-refractivity contribution in [3.05, 3.63) is 83.4 Å². The number of nitrogens with two attached hydrogens (primary N) is 3. The fourth-order valence-corrected chi connectivity index (χ4v) is 6.89. The minimum Gasteiger partial charge on any atom is -0.497 e. The molecule has 0 saturated carbocycles. The number of carbonyl (C=O) groups excluding carboxylic acids is 5. The van der Waals surface area contributed by atoms with Crippen molar-refractivity contribution in [1.82, 2.24) is 10.6 Å². The maximum Gasteiger partial charge on any atom is 0.305 e. The molecule has 0 radical (unpaired) electrons. The van der Waals surface area contributed by atoms with Crippen LogP contribution in [0.3, 0.4) is 0 Å². The second kappa shape index (κ2) is 25.9. The summed E-state index contributed by atoms with van der Waals surface area (Å²) in [5.41, 5.74) is 21.6. The van der Waals surface area contributed by atoms with Crippen LogP contribution in [0.4, 0.5) is 0 Å². The number of carboxylic acids is 1. The van der Waals surface area contributed by atoms with Gasteiger partial charge in [0.1, 0.15) is 17.5 Å². The molecule has 338 valence electrons. The van der Waals surface area contributed by atoms with Crippen molar-refractivity contribution in [3.63, 3.8) is 0 Å². The number of carbonyl (C=O) groups is 6. The molecule has 0 fully saturated rings. The number of primary amides is 1. The zero-order chi connectivity index (χ0) is 45.8. The summed E-state index contributed by atoms with van der Waals surface area (Å²) in [5, 5.41) is 34.4. The second-order valence-corrected chi connectivity index (χ2v) is 15.5. The van der Waals surface area contributed by atoms with Crippen LogP contribution in [0.25, 0.3) is 11.1 Å². The van der Waals surface area contributed by atoms with E-state index in [2.05, 4.69) is 10.6 Å². The van der Waals surface area contributed by atoms with Gasteiger partial charge >= 0.3 is 5.97 Å². The number of aliphatic carboxylic acids is 1. The zero-order valence-electron chi connectivity index (χ0n) is 35.8. The van der Waals surface area contributed by atoms with E-state index >= 15 is 0 Å². The number of amides is 3. The Morgan fingerprint density at radius 3 is 1.97 bits per heavy atom. The molecule has 0 aliphatic carbocycles. The predicted molar refractivity (Wildman–Crippen MR) is 233 cm³/mol. The normalized spacial score (nSPS) is 14.0. The summed E-state index contributed by atoms with van der Waals surface area (Å²) in [6.45, 7) is 3.64. The van der Waals surface area contributed by atoms with Gasteiger partial charge in [0.05, 0.1) is 50.8 Å². The number of ether oxygens (including phenoxy) is 2. The van der Waals surface area contributed by atoms with Gasteiger partial charge in [0.25, 0.3) is 0 Å². The lowest BCUT2D eigenvalue weighted by Crippen LogP contribution is -2.50. The molecule has 0 spiro atoms. The molecule has 0 aliphatic rings. The average molecular weight is 862 g/mol. The van der Waals surface area contributed by atoms with E-state index in [9.17, 15) is 44.1 Å². The van der Waals surface area contributed by atoms with Gasteiger partial charge in [-0.3, -0.25) is 28.8 Å². The molecule has 6 atom stereocenters. The minimum atomic E-state index is -1.65. The Morgan fingerprint density at radius 2 is 1.39 bits per heavy atom. The molecule has 16 heteroatoms. The van der Waals surface area contributed by atoms with E-state index in [0.29, 0.717) is 31.6 Å². The number of ketones is 2. The van der Waals surface area contributed by atoms with Crippen molar-refractivity contribution in [2.24, 2.45) is 29.0 Å². The first kappa shape index (κ1) is 50.7. The van der Waals surface area contributed by atoms with Crippen LogP contribution < -0.4 is 37.3 Å². The number of Topliss-reactive ketones (excluding diaryl/α,β-unsaturated/α-hetero) is 2. The number of hydrogen-bond acceptors (Lipinski definition) is 12. The molecule has 16 nitrogen and oxygen atoms in total. The number of benzene rings is 3. The summed E-state index contributed by atoms with van der Waals surface area (Å²) in [4.78, 5) is 78.3. The molecule has 0 aliphatic heterocycles. The Hall–Kier alpha value is -5.68. The number of aliphatic hydroxyl groups is 2. The largest absolute Gasteiger partial charge is 0.497 e. The lowest BCUT2D eigenvalue weighted by molar-refractivity contribution is -0.141. The van der Waals surface area contributed by atoms with E-state index in [1.807, 2.05) is 73.7 Å². The lowest BCUT2D eigenvalue weighted by Gasteiger charge is -2.24. The van der Waals surface area contributed by atoms with Crippen LogP contribution in [0.5, 0.6) is 11.5 Å². The van der Waals surface area contributed by atoms with E-state index in [1.54, 1.807) is 7.11 Å². The molecule has 62 heavy (non-hydrogen) atoms. The summed E-state index contributed by atoms with van der Waals surface area (Å²) < 4.78 is 11.1. The molecule has 3 rings (SSSR count). The van der Waals surface area contributed by atoms with Gasteiger partial charge in [-0.05, 0) is 110 Å². The fraction of sp³-hybridized carbons (Fsp3) is 0.478. The molecule has 3 amide bonds. The van der Waals surface area contributed by atoms with Crippen LogP contribution in [-0.4, -0.2) is 102 Å². The van der Waals surface area contributed by atoms with Crippen LogP contribution in [0.2, 0.25) is 0 Å². The summed E-state index contributed by atoms with van der Waals surface area (Å²) in [7, 11) is 1.60. The maximum atomic E-state index is 14.1. The standard InChI is InChI=1S/C46H63N5O11/c1-4-31-23-36(61-3)18-19-37(31)32-14-10-30(11-15-32)22-33(24-40(54)39(26-42(56)57)51-46(60)34(27-52)25-41(55)43(48)28(2)53)45(59)50-38(44(49)58)9-7-8-29-12-16-35(17-13-29)62-21-6-5-20-47/h10-19,23,28,33-34,38-39,43,52-53H,4-9,20-22,24-27,47-48H2,1-3H3,(H2,49,58)(H,50,59)(H,51,60)(H,56,57)/t28-,33-,34+,38+,39+,43+/m1/s1. The van der Waals surface area contributed by atoms with Crippen LogP contribution >= 0.6 is 0 Å². The van der Waals surface area contributed by atoms with Gasteiger partial charge in [-0.25, -0.2) is 0 Å². The molecule has 0 bridgehead atoms. The Labute approximate surface area is 362 Å². The molecule has 0 saturated heterocycles. The lowest BCUT2D eigenvalue weighted by atomic mass is 9.89. The Morgan fingerprint density at radius 1 is 0.774 bits per heavy atom. The van der Waals surface area contributed by atoms with Crippen molar-refractivity contribution in [3.8, 4) is 22.6 Å². The first-order valence-electron chi connectivity index (χ1n) is 21.0. The number of aryl methyl sites for hydroxylation is 2. The molecule has 0 aromatic heterocycles. The molecule has 3 aromatic rings. The highest BCUT2D eigenvalue weighted by atomic mass is 16.5. The minimum absolute atomic E-state index is 0.00797. The molecule has 11 N–H and O–H groups in total. The second-order valence-electron chi connectivity index (χ2n) is 15.5. The van der Waals surface area contributed by atoms with Crippen molar-refractivity contribution in [2.75, 3.05) is 26.9 Å². The summed E-state index contributed by atoms with van der Waals surface area (Å²) in [6, 6.07) is 16.6. The number of carboxylic acid groups (broad SMARTS) is 1. The van der Waals surface area contributed by atoms with E-state index in [0.717, 1.165) is 53.0 Å². The number of rotatable bonds is 29. The SMILES string of the molecule is CCc1cc(OC)ccc1-c1ccc(C[C@H](CC(=O)[C@H](CC(=O)O)NC(=O)[C@H](CO)CC(=O)[C@@H](N)[C@@H](C)O)C(=O)N[C@@H](CCCc2ccc(OCCCCN)cc2)C(N)=O)cc1. The van der Waals surface area contributed by atoms with Crippen LogP contribution in [0.15, 0.2) is 66.7 Å². The third kappa shape index (κ3) is 16.3. The molecule has 3 aromatic carbocycles. The maximum absolute atomic E-state index is 14.1. The summed E-state index contributed by atoms with van der Waals surface area (Å²) in [5.74, 6) is -6.52. The smallest absolute Gasteiger partial charge is 0.305 e. The van der Waals surface area contributed by atoms with Crippen LogP contribution in [0.1, 0.15) is 75.5 Å². The van der Waals surface area contributed by atoms with E-state index in [4.69, 9.17) is 26.7 Å². The van der Waals surface area contributed by atoms with Crippen LogP contribution in [-0.2, 0) is 48.0 Å². The highest BCUT2D eigenvalue weighted by molar-refractivity contribution is 5.97. The number of hydrogen-bond donors (Lipinski definition) is 8. The fourth-order valence-electron chi connectivity index (χ4n) is 6.89. The monoisotopic (exact) mass is 861 g/mol. The summed E-state index contributed by atoms with van der Waals surface area (Å²) in [6.07, 6.45) is 0.462. The highest BCUT2D eigenvalue weighted by Crippen LogP contribution is 2.29. The van der Waals surface area contributed by atoms with Gasteiger partial charge in [0.2, 0.25) is 17.7 Å². The number of aliphatic hydroxyl groups excluding tert-OH is 2. The molecule has 0 heterocycles.